The maximum Gasteiger partial charge on any atom is 0.264 e. The number of sulfonamides is 1. The molecule has 45 heavy (non-hydrogen) atoms. The van der Waals surface area contributed by atoms with Gasteiger partial charge in [-0.25, -0.2) is 12.8 Å². The average molecular weight is 671 g/mol. The highest BCUT2D eigenvalue weighted by Crippen LogP contribution is 2.29. The third-order valence-corrected chi connectivity index (χ3v) is 9.50. The smallest absolute Gasteiger partial charge is 0.264 e. The first-order valence-corrected chi connectivity index (χ1v) is 16.5. The van der Waals surface area contributed by atoms with Gasteiger partial charge in [-0.2, -0.15) is 0 Å². The number of nitrogens with zero attached hydrogens (tertiary/aromatic N) is 2. The summed E-state index contributed by atoms with van der Waals surface area (Å²) in [6.45, 7) is 3.51. The molecule has 0 aliphatic rings. The van der Waals surface area contributed by atoms with Gasteiger partial charge in [0.1, 0.15) is 18.4 Å². The van der Waals surface area contributed by atoms with Crippen LogP contribution < -0.4 is 9.62 Å². The van der Waals surface area contributed by atoms with E-state index < -0.39 is 40.2 Å². The number of hydrogen-bond donors (Lipinski definition) is 1. The van der Waals surface area contributed by atoms with Crippen LogP contribution in [0.2, 0.25) is 10.0 Å². The minimum atomic E-state index is -4.34. The molecule has 0 heterocycles. The number of halogens is 3. The third-order valence-electron chi connectivity index (χ3n) is 7.06. The zero-order chi connectivity index (χ0) is 32.6. The van der Waals surface area contributed by atoms with Gasteiger partial charge in [0.2, 0.25) is 11.8 Å². The van der Waals surface area contributed by atoms with E-state index >= 15 is 0 Å². The van der Waals surface area contributed by atoms with Crippen LogP contribution in [0, 0.1) is 11.7 Å². The number of benzene rings is 4. The Labute approximate surface area is 273 Å². The first-order valence-electron chi connectivity index (χ1n) is 14.3. The summed E-state index contributed by atoms with van der Waals surface area (Å²) in [4.78, 5) is 29.5. The summed E-state index contributed by atoms with van der Waals surface area (Å²) < 4.78 is 43.0. The average Bonchev–Trinajstić information content (AvgIpc) is 3.03. The Morgan fingerprint density at radius 3 is 2.09 bits per heavy atom. The van der Waals surface area contributed by atoms with Gasteiger partial charge in [0.15, 0.2) is 0 Å². The van der Waals surface area contributed by atoms with Crippen molar-refractivity contribution in [1.29, 1.82) is 0 Å². The predicted molar refractivity (Wildman–Crippen MR) is 176 cm³/mol. The van der Waals surface area contributed by atoms with Crippen LogP contribution in [0.1, 0.15) is 25.0 Å². The topological polar surface area (TPSA) is 86.8 Å². The van der Waals surface area contributed by atoms with Crippen molar-refractivity contribution < 1.29 is 22.4 Å². The molecule has 7 nitrogen and oxygen atoms in total. The molecule has 0 saturated carbocycles. The fraction of sp³-hybridized carbons (Fsp3) is 0.235. The van der Waals surface area contributed by atoms with Gasteiger partial charge in [0, 0.05) is 24.5 Å². The highest BCUT2D eigenvalue weighted by Gasteiger charge is 2.35. The quantitative estimate of drug-likeness (QED) is 0.171. The molecule has 1 N–H and O–H groups in total. The number of rotatable bonds is 13. The molecule has 4 aromatic carbocycles. The minimum absolute atomic E-state index is 0.0137. The van der Waals surface area contributed by atoms with Gasteiger partial charge in [-0.15, -0.1) is 0 Å². The lowest BCUT2D eigenvalue weighted by Gasteiger charge is -2.34. The summed E-state index contributed by atoms with van der Waals surface area (Å²) in [7, 11) is -4.34. The minimum Gasteiger partial charge on any atom is -0.354 e. The normalized spacial score (nSPS) is 12.0. The molecule has 236 valence electrons. The summed E-state index contributed by atoms with van der Waals surface area (Å²) in [6.07, 6.45) is 0.161. The van der Waals surface area contributed by atoms with Crippen molar-refractivity contribution in [2.24, 2.45) is 5.92 Å². The Hall–Kier alpha value is -3.92. The summed E-state index contributed by atoms with van der Waals surface area (Å²) in [5, 5.41) is 3.01. The van der Waals surface area contributed by atoms with E-state index in [0.717, 1.165) is 22.0 Å². The highest BCUT2D eigenvalue weighted by molar-refractivity contribution is 7.92. The standard InChI is InChI=1S/C34H34Cl2FN3O4S/c1-24(2)21-38-34(42)32(19-25-11-5-3-6-12-25)39(22-26-13-9-10-16-29(26)35)33(41)23-40(27-17-18-31(37)30(36)20-27)45(43,44)28-14-7-4-8-15-28/h3-18,20,24,32H,19,21-23H2,1-2H3,(H,38,42)/t32-/m0/s1. The highest BCUT2D eigenvalue weighted by atomic mass is 35.5. The van der Waals surface area contributed by atoms with E-state index in [1.807, 2.05) is 44.2 Å². The number of anilines is 1. The maximum atomic E-state index is 14.4. The van der Waals surface area contributed by atoms with Crippen molar-refractivity contribution in [3.63, 3.8) is 0 Å². The van der Waals surface area contributed by atoms with Crippen molar-refractivity contribution in [3.8, 4) is 0 Å². The first kappa shape index (κ1) is 34.0. The molecule has 0 aliphatic carbocycles. The van der Waals surface area contributed by atoms with Crippen molar-refractivity contribution >= 4 is 50.7 Å². The van der Waals surface area contributed by atoms with Crippen molar-refractivity contribution in [2.75, 3.05) is 17.4 Å². The van der Waals surface area contributed by atoms with E-state index in [1.165, 1.54) is 23.1 Å². The van der Waals surface area contributed by atoms with Crippen LogP contribution in [-0.2, 0) is 32.6 Å². The number of carbonyl (C=O) groups excluding carboxylic acids is 2. The van der Waals surface area contributed by atoms with E-state index in [2.05, 4.69) is 5.32 Å². The molecule has 4 rings (SSSR count). The number of hydrogen-bond acceptors (Lipinski definition) is 4. The Kier molecular flexibility index (Phi) is 11.6. The molecule has 11 heteroatoms. The number of nitrogens with one attached hydrogen (secondary N) is 1. The molecule has 0 bridgehead atoms. The summed E-state index contributed by atoms with van der Waals surface area (Å²) in [5.41, 5.74) is 1.36. The van der Waals surface area contributed by atoms with E-state index in [0.29, 0.717) is 17.1 Å². The molecule has 0 unspecified atom stereocenters. The molecular weight excluding hydrogens is 636 g/mol. The van der Waals surface area contributed by atoms with E-state index in [1.54, 1.807) is 42.5 Å². The molecular formula is C34H34Cl2FN3O4S. The Morgan fingerprint density at radius 1 is 0.844 bits per heavy atom. The zero-order valence-electron chi connectivity index (χ0n) is 24.9. The largest absolute Gasteiger partial charge is 0.354 e. The Morgan fingerprint density at radius 2 is 1.47 bits per heavy atom. The van der Waals surface area contributed by atoms with Crippen LogP contribution >= 0.6 is 23.2 Å². The molecule has 4 aromatic rings. The van der Waals surface area contributed by atoms with Gasteiger partial charge in [-0.3, -0.25) is 13.9 Å². The van der Waals surface area contributed by atoms with Crippen LogP contribution in [0.4, 0.5) is 10.1 Å². The molecule has 0 radical (unpaired) electrons. The van der Waals surface area contributed by atoms with Crippen LogP contribution in [0.15, 0.2) is 108 Å². The molecule has 0 aromatic heterocycles. The van der Waals surface area contributed by atoms with Gasteiger partial charge in [0.25, 0.3) is 10.0 Å². The molecule has 2 amide bonds. The predicted octanol–water partition coefficient (Wildman–Crippen LogP) is 6.74. The summed E-state index contributed by atoms with van der Waals surface area (Å²) in [5.74, 6) is -1.66. The monoisotopic (exact) mass is 669 g/mol. The summed E-state index contributed by atoms with van der Waals surface area (Å²) in [6, 6.07) is 26.2. The van der Waals surface area contributed by atoms with Crippen LogP contribution in [0.5, 0.6) is 0 Å². The molecule has 0 aliphatic heterocycles. The van der Waals surface area contributed by atoms with E-state index in [4.69, 9.17) is 23.2 Å². The Bertz CT molecular complexity index is 1720. The third kappa shape index (κ3) is 8.84. The lowest BCUT2D eigenvalue weighted by Crippen LogP contribution is -2.53. The van der Waals surface area contributed by atoms with Crippen molar-refractivity contribution in [2.45, 2.75) is 37.8 Å². The van der Waals surface area contributed by atoms with Crippen molar-refractivity contribution in [1.82, 2.24) is 10.2 Å². The lowest BCUT2D eigenvalue weighted by molar-refractivity contribution is -0.140. The molecule has 0 spiro atoms. The van der Waals surface area contributed by atoms with E-state index in [-0.39, 0.29) is 34.5 Å². The Balaban J connectivity index is 1.82. The van der Waals surface area contributed by atoms with Crippen molar-refractivity contribution in [3.05, 3.63) is 130 Å². The molecule has 0 fully saturated rings. The fourth-order valence-corrected chi connectivity index (χ4v) is 6.47. The lowest BCUT2D eigenvalue weighted by atomic mass is 10.0. The van der Waals surface area contributed by atoms with Gasteiger partial charge in [-0.05, 0) is 53.4 Å². The van der Waals surface area contributed by atoms with E-state index in [9.17, 15) is 22.4 Å². The van der Waals surface area contributed by atoms with Gasteiger partial charge >= 0.3 is 0 Å². The van der Waals surface area contributed by atoms with Crippen LogP contribution in [0.25, 0.3) is 0 Å². The second-order valence-electron chi connectivity index (χ2n) is 10.9. The van der Waals surface area contributed by atoms with Gasteiger partial charge in [-0.1, -0.05) is 104 Å². The second kappa shape index (κ2) is 15.4. The maximum absolute atomic E-state index is 14.4. The second-order valence-corrected chi connectivity index (χ2v) is 13.6. The van der Waals surface area contributed by atoms with Gasteiger partial charge in [0.05, 0.1) is 15.6 Å². The molecule has 0 saturated heterocycles. The van der Waals surface area contributed by atoms with Gasteiger partial charge < -0.3 is 10.2 Å². The first-order chi connectivity index (χ1) is 21.5. The number of amides is 2. The molecule has 1 atom stereocenters. The SMILES string of the molecule is CC(C)CNC(=O)[C@H](Cc1ccccc1)N(Cc1ccccc1Cl)C(=O)CN(c1ccc(F)c(Cl)c1)S(=O)(=O)c1ccccc1. The van der Waals surface area contributed by atoms with Crippen LogP contribution in [0.3, 0.4) is 0 Å². The fourth-order valence-electron chi connectivity index (χ4n) is 4.68. The number of carbonyl (C=O) groups is 2. The zero-order valence-corrected chi connectivity index (χ0v) is 27.2. The summed E-state index contributed by atoms with van der Waals surface area (Å²) >= 11 is 12.6. The van der Waals surface area contributed by atoms with Crippen LogP contribution in [-0.4, -0.2) is 44.3 Å².